The number of carbonyl (C=O) groups is 2. The third-order valence-electron chi connectivity index (χ3n) is 6.90. The molecule has 0 bridgehead atoms. The molecule has 0 spiro atoms. The van der Waals surface area contributed by atoms with E-state index >= 15 is 0 Å². The summed E-state index contributed by atoms with van der Waals surface area (Å²) in [6.45, 7) is 3.03. The van der Waals surface area contributed by atoms with E-state index in [0.29, 0.717) is 19.0 Å². The van der Waals surface area contributed by atoms with E-state index < -0.39 is 17.9 Å². The zero-order valence-corrected chi connectivity index (χ0v) is 20.3. The Hall–Kier alpha value is -3.97. The number of rotatable bonds is 5. The largest absolute Gasteiger partial charge is 0.468 e. The zero-order valence-electron chi connectivity index (χ0n) is 20.3. The summed E-state index contributed by atoms with van der Waals surface area (Å²) < 4.78 is 4.93. The van der Waals surface area contributed by atoms with Gasteiger partial charge in [-0.25, -0.2) is 4.99 Å². The van der Waals surface area contributed by atoms with Crippen LogP contribution < -0.4 is 5.32 Å². The van der Waals surface area contributed by atoms with Crippen molar-refractivity contribution in [2.45, 2.75) is 12.1 Å². The van der Waals surface area contributed by atoms with Crippen molar-refractivity contribution in [1.29, 1.82) is 0 Å². The van der Waals surface area contributed by atoms with Crippen LogP contribution in [0.4, 0.5) is 0 Å². The van der Waals surface area contributed by atoms with E-state index in [1.165, 1.54) is 18.2 Å². The van der Waals surface area contributed by atoms with Gasteiger partial charge in [0, 0.05) is 26.2 Å². The first-order chi connectivity index (χ1) is 17.7. The topological polar surface area (TPSA) is 74.2 Å². The molecule has 3 aromatic carbocycles. The van der Waals surface area contributed by atoms with Crippen LogP contribution in [0.15, 0.2) is 96.0 Å². The second kappa shape index (κ2) is 10.7. The lowest BCUT2D eigenvalue weighted by Crippen LogP contribution is -2.57. The van der Waals surface area contributed by atoms with Crippen molar-refractivity contribution < 1.29 is 14.3 Å². The van der Waals surface area contributed by atoms with Crippen LogP contribution in [0.2, 0.25) is 0 Å². The van der Waals surface area contributed by atoms with Crippen molar-refractivity contribution in [2.24, 2.45) is 10.9 Å². The van der Waals surface area contributed by atoms with Gasteiger partial charge in [0.25, 0.3) is 0 Å². The van der Waals surface area contributed by atoms with Crippen molar-refractivity contribution in [1.82, 2.24) is 15.1 Å². The van der Waals surface area contributed by atoms with Crippen LogP contribution in [0.3, 0.4) is 0 Å². The highest BCUT2D eigenvalue weighted by Crippen LogP contribution is 2.32. The molecule has 36 heavy (non-hydrogen) atoms. The number of piperazine rings is 1. The van der Waals surface area contributed by atoms with Gasteiger partial charge in [0.2, 0.25) is 11.9 Å². The Balaban J connectivity index is 1.37. The Labute approximate surface area is 211 Å². The molecular weight excluding hydrogens is 452 g/mol. The Morgan fingerprint density at radius 3 is 1.92 bits per heavy atom. The van der Waals surface area contributed by atoms with Crippen molar-refractivity contribution >= 4 is 17.8 Å². The van der Waals surface area contributed by atoms with Crippen LogP contribution in [-0.4, -0.2) is 60.9 Å². The zero-order chi connectivity index (χ0) is 24.9. The molecule has 1 saturated heterocycles. The summed E-state index contributed by atoms with van der Waals surface area (Å²) >= 11 is 0. The van der Waals surface area contributed by atoms with Gasteiger partial charge in [0.15, 0.2) is 5.92 Å². The second-order valence-electron chi connectivity index (χ2n) is 9.05. The van der Waals surface area contributed by atoms with Crippen molar-refractivity contribution in [3.63, 3.8) is 0 Å². The average Bonchev–Trinajstić information content (AvgIpc) is 2.94. The standard InChI is InChI=1S/C29H30N4O3/c1-36-28(35)24-25(21-11-5-2-6-12-21)30-29(31-27(24)34)33-19-17-32(18-20-33)26(22-13-7-3-8-14-22)23-15-9-4-10-16-23/h2-16,24-26H,17-20H2,1H3,(H,30,31,34)/t24-,25+/m0/s1. The summed E-state index contributed by atoms with van der Waals surface area (Å²) in [4.78, 5) is 34.9. The molecule has 2 heterocycles. The molecule has 1 fully saturated rings. The first-order valence-corrected chi connectivity index (χ1v) is 12.3. The number of amides is 1. The minimum atomic E-state index is -1.01. The van der Waals surface area contributed by atoms with Crippen molar-refractivity contribution in [3.05, 3.63) is 108 Å². The van der Waals surface area contributed by atoms with Crippen LogP contribution in [-0.2, 0) is 14.3 Å². The minimum Gasteiger partial charge on any atom is -0.468 e. The highest BCUT2D eigenvalue weighted by Gasteiger charge is 2.42. The Morgan fingerprint density at radius 1 is 0.861 bits per heavy atom. The highest BCUT2D eigenvalue weighted by atomic mass is 16.5. The summed E-state index contributed by atoms with van der Waals surface area (Å²) in [5.41, 5.74) is 3.32. The molecule has 2 aliphatic rings. The van der Waals surface area contributed by atoms with Crippen molar-refractivity contribution in [2.75, 3.05) is 33.3 Å². The molecular formula is C29H30N4O3. The number of nitrogens with one attached hydrogen (secondary N) is 1. The fourth-order valence-electron chi connectivity index (χ4n) is 5.09. The van der Waals surface area contributed by atoms with Crippen LogP contribution in [0.5, 0.6) is 0 Å². The van der Waals surface area contributed by atoms with E-state index in [4.69, 9.17) is 9.73 Å². The Morgan fingerprint density at radius 2 is 1.39 bits per heavy atom. The molecule has 0 radical (unpaired) electrons. The number of carbonyl (C=O) groups excluding carboxylic acids is 2. The van der Waals surface area contributed by atoms with Gasteiger partial charge in [-0.15, -0.1) is 0 Å². The maximum Gasteiger partial charge on any atom is 0.320 e. The SMILES string of the molecule is COC(=O)[C@@H]1C(=O)NC(N2CCN(C(c3ccccc3)c3ccccc3)CC2)=N[C@@H]1c1ccccc1. The molecule has 0 aromatic heterocycles. The van der Waals surface area contributed by atoms with E-state index in [1.54, 1.807) is 0 Å². The number of benzene rings is 3. The quantitative estimate of drug-likeness (QED) is 0.446. The van der Waals surface area contributed by atoms with Gasteiger partial charge in [-0.05, 0) is 16.7 Å². The number of hydrogen-bond donors (Lipinski definition) is 1. The van der Waals surface area contributed by atoms with E-state index in [-0.39, 0.29) is 11.9 Å². The van der Waals surface area contributed by atoms with E-state index in [1.807, 2.05) is 42.5 Å². The van der Waals surface area contributed by atoms with Crippen LogP contribution in [0.1, 0.15) is 28.8 Å². The molecule has 7 heteroatoms. The monoisotopic (exact) mass is 482 g/mol. The summed E-state index contributed by atoms with van der Waals surface area (Å²) in [6, 6.07) is 30.1. The molecule has 0 unspecified atom stereocenters. The lowest BCUT2D eigenvalue weighted by atomic mass is 9.91. The smallest absolute Gasteiger partial charge is 0.320 e. The number of methoxy groups -OCH3 is 1. The van der Waals surface area contributed by atoms with Crippen LogP contribution >= 0.6 is 0 Å². The predicted octanol–water partition coefficient (Wildman–Crippen LogP) is 3.41. The van der Waals surface area contributed by atoms with Gasteiger partial charge >= 0.3 is 5.97 Å². The van der Waals surface area contributed by atoms with Gasteiger partial charge in [-0.1, -0.05) is 91.0 Å². The molecule has 184 valence electrons. The van der Waals surface area contributed by atoms with Gasteiger partial charge in [-0.2, -0.15) is 0 Å². The molecule has 2 atom stereocenters. The third kappa shape index (κ3) is 4.88. The fraction of sp³-hybridized carbons (Fsp3) is 0.276. The third-order valence-corrected chi connectivity index (χ3v) is 6.90. The maximum absolute atomic E-state index is 13.0. The number of ether oxygens (including phenoxy) is 1. The van der Waals surface area contributed by atoms with E-state index in [2.05, 4.69) is 63.6 Å². The number of esters is 1. The fourth-order valence-corrected chi connectivity index (χ4v) is 5.09. The van der Waals surface area contributed by atoms with E-state index in [9.17, 15) is 9.59 Å². The molecule has 2 aliphatic heterocycles. The molecule has 0 aliphatic carbocycles. The Bertz CT molecular complexity index is 1170. The number of aliphatic imine (C=N–C) groups is 1. The lowest BCUT2D eigenvalue weighted by Gasteiger charge is -2.42. The number of guanidine groups is 1. The van der Waals surface area contributed by atoms with Gasteiger partial charge in [0.05, 0.1) is 13.2 Å². The molecule has 5 rings (SSSR count). The Kier molecular flexibility index (Phi) is 7.09. The summed E-state index contributed by atoms with van der Waals surface area (Å²) in [5, 5.41) is 2.88. The molecule has 0 saturated carbocycles. The highest BCUT2D eigenvalue weighted by molar-refractivity contribution is 6.08. The first kappa shape index (κ1) is 23.8. The average molecular weight is 483 g/mol. The van der Waals surface area contributed by atoms with Gasteiger partial charge < -0.3 is 9.64 Å². The first-order valence-electron chi connectivity index (χ1n) is 12.3. The predicted molar refractivity (Wildman–Crippen MR) is 138 cm³/mol. The summed E-state index contributed by atoms with van der Waals surface area (Å²) in [6.07, 6.45) is 0. The maximum atomic E-state index is 13.0. The molecule has 1 amide bonds. The lowest BCUT2D eigenvalue weighted by molar-refractivity contribution is -0.151. The summed E-state index contributed by atoms with van der Waals surface area (Å²) in [5.74, 6) is -1.45. The van der Waals surface area contributed by atoms with Gasteiger partial charge in [0.1, 0.15) is 6.04 Å². The van der Waals surface area contributed by atoms with Crippen molar-refractivity contribution in [3.8, 4) is 0 Å². The normalized spacial score (nSPS) is 20.6. The van der Waals surface area contributed by atoms with Crippen LogP contribution in [0, 0.1) is 5.92 Å². The van der Waals surface area contributed by atoms with Crippen LogP contribution in [0.25, 0.3) is 0 Å². The molecule has 3 aromatic rings. The summed E-state index contributed by atoms with van der Waals surface area (Å²) in [7, 11) is 1.30. The number of hydrogen-bond acceptors (Lipinski definition) is 6. The second-order valence-corrected chi connectivity index (χ2v) is 9.05. The van der Waals surface area contributed by atoms with E-state index in [0.717, 1.165) is 18.7 Å². The molecule has 1 N–H and O–H groups in total. The minimum absolute atomic E-state index is 0.151. The molecule has 7 nitrogen and oxygen atoms in total. The van der Waals surface area contributed by atoms with Gasteiger partial charge in [-0.3, -0.25) is 19.8 Å². The number of nitrogens with zero attached hydrogens (tertiary/aromatic N) is 3.